The summed E-state index contributed by atoms with van der Waals surface area (Å²) in [5.74, 6) is 0. The molecule has 1 aliphatic rings. The minimum absolute atomic E-state index is 0.465. The van der Waals surface area contributed by atoms with Crippen molar-refractivity contribution in [2.75, 3.05) is 4.90 Å². The Kier molecular flexibility index (Phi) is 7.75. The smallest absolute Gasteiger partial charge is 0.135 e. The van der Waals surface area contributed by atoms with Gasteiger partial charge in [0.25, 0.3) is 0 Å². The molecule has 0 radical (unpaired) electrons. The van der Waals surface area contributed by atoms with Gasteiger partial charge in [0.1, 0.15) is 11.2 Å². The lowest BCUT2D eigenvalue weighted by Crippen LogP contribution is -2.28. The standard InChI is InChI=1S/C55H37NO/c1-4-17-42(18-5-1)55(51-25-12-10-23-47(51)48-24-11-13-26-52(48)55)43-30-33-49-50-36-41(29-34-53(50)57-54(49)37-43)40-16-14-15-39(35-40)38-27-31-46(32-28-38)56(44-19-6-2-7-20-44)45-21-8-3-9-22-45/h1-37H. The molecule has 2 heteroatoms. The molecule has 2 nitrogen and oxygen atoms in total. The van der Waals surface area contributed by atoms with Crippen molar-refractivity contribution in [3.63, 3.8) is 0 Å². The molecule has 11 rings (SSSR count). The summed E-state index contributed by atoms with van der Waals surface area (Å²) in [6.45, 7) is 0. The first kappa shape index (κ1) is 33.0. The molecule has 0 bridgehead atoms. The molecule has 1 heterocycles. The highest BCUT2D eigenvalue weighted by Crippen LogP contribution is 2.56. The predicted octanol–water partition coefficient (Wildman–Crippen LogP) is 14.8. The van der Waals surface area contributed by atoms with Gasteiger partial charge in [0, 0.05) is 27.8 Å². The van der Waals surface area contributed by atoms with Gasteiger partial charge in [-0.1, -0.05) is 164 Å². The SMILES string of the molecule is c1ccc(N(c2ccccc2)c2ccc(-c3cccc(-c4ccc5oc6cc(C7(c8ccccc8)c8ccccc8-c8ccccc87)ccc6c5c4)c3)cc2)cc1. The van der Waals surface area contributed by atoms with Crippen molar-refractivity contribution in [1.29, 1.82) is 0 Å². The Hall–Kier alpha value is -7.42. The van der Waals surface area contributed by atoms with Crippen LogP contribution in [0.3, 0.4) is 0 Å². The predicted molar refractivity (Wildman–Crippen MR) is 237 cm³/mol. The van der Waals surface area contributed by atoms with Crippen LogP contribution in [0, 0.1) is 0 Å². The molecule has 9 aromatic carbocycles. The number of fused-ring (bicyclic) bond motifs is 6. The largest absolute Gasteiger partial charge is 0.456 e. The van der Waals surface area contributed by atoms with Gasteiger partial charge in [-0.25, -0.2) is 0 Å². The first-order valence-electron chi connectivity index (χ1n) is 19.6. The minimum Gasteiger partial charge on any atom is -0.456 e. The number of anilines is 3. The second-order valence-corrected chi connectivity index (χ2v) is 14.9. The third-order valence-electron chi connectivity index (χ3n) is 11.7. The Labute approximate surface area is 332 Å². The van der Waals surface area contributed by atoms with Crippen molar-refractivity contribution >= 4 is 39.0 Å². The van der Waals surface area contributed by atoms with Crippen molar-refractivity contribution in [3.05, 3.63) is 247 Å². The Morgan fingerprint density at radius 3 is 1.49 bits per heavy atom. The lowest BCUT2D eigenvalue weighted by atomic mass is 9.67. The molecule has 1 aromatic heterocycles. The van der Waals surface area contributed by atoms with E-state index in [4.69, 9.17) is 4.42 Å². The van der Waals surface area contributed by atoms with E-state index in [2.05, 4.69) is 229 Å². The highest BCUT2D eigenvalue weighted by molar-refractivity contribution is 6.07. The lowest BCUT2D eigenvalue weighted by Gasteiger charge is -2.33. The van der Waals surface area contributed by atoms with Crippen LogP contribution in [-0.4, -0.2) is 0 Å². The first-order valence-corrected chi connectivity index (χ1v) is 19.6. The molecule has 268 valence electrons. The van der Waals surface area contributed by atoms with Gasteiger partial charge in [0.2, 0.25) is 0 Å². The molecule has 0 N–H and O–H groups in total. The van der Waals surface area contributed by atoms with Gasteiger partial charge in [-0.2, -0.15) is 0 Å². The van der Waals surface area contributed by atoms with Crippen molar-refractivity contribution in [3.8, 4) is 33.4 Å². The molecule has 10 aromatic rings. The van der Waals surface area contributed by atoms with Gasteiger partial charge in [-0.15, -0.1) is 0 Å². The molecule has 0 unspecified atom stereocenters. The van der Waals surface area contributed by atoms with Crippen molar-refractivity contribution in [2.45, 2.75) is 5.41 Å². The number of nitrogens with zero attached hydrogens (tertiary/aromatic N) is 1. The Morgan fingerprint density at radius 2 is 0.842 bits per heavy atom. The summed E-state index contributed by atoms with van der Waals surface area (Å²) in [7, 11) is 0. The van der Waals surface area contributed by atoms with E-state index >= 15 is 0 Å². The fourth-order valence-electron chi connectivity index (χ4n) is 9.18. The zero-order valence-electron chi connectivity index (χ0n) is 31.2. The summed E-state index contributed by atoms with van der Waals surface area (Å²) in [6, 6.07) is 80.9. The van der Waals surface area contributed by atoms with Crippen molar-refractivity contribution < 1.29 is 4.42 Å². The van der Waals surface area contributed by atoms with Crippen LogP contribution in [0.5, 0.6) is 0 Å². The second-order valence-electron chi connectivity index (χ2n) is 14.9. The third-order valence-corrected chi connectivity index (χ3v) is 11.7. The average Bonchev–Trinajstić information content (AvgIpc) is 3.81. The maximum absolute atomic E-state index is 6.68. The van der Waals surface area contributed by atoms with E-state index in [-0.39, 0.29) is 0 Å². The highest BCUT2D eigenvalue weighted by atomic mass is 16.3. The Balaban J connectivity index is 0.967. The summed E-state index contributed by atoms with van der Waals surface area (Å²) >= 11 is 0. The zero-order chi connectivity index (χ0) is 37.8. The highest BCUT2D eigenvalue weighted by Gasteiger charge is 2.46. The molecule has 0 saturated carbocycles. The van der Waals surface area contributed by atoms with E-state index < -0.39 is 5.41 Å². The monoisotopic (exact) mass is 727 g/mol. The van der Waals surface area contributed by atoms with E-state index in [9.17, 15) is 0 Å². The van der Waals surface area contributed by atoms with Gasteiger partial charge in [0.15, 0.2) is 0 Å². The molecule has 0 atom stereocenters. The molecule has 0 fully saturated rings. The van der Waals surface area contributed by atoms with Crippen LogP contribution < -0.4 is 4.90 Å². The van der Waals surface area contributed by atoms with Crippen LogP contribution in [-0.2, 0) is 5.41 Å². The summed E-state index contributed by atoms with van der Waals surface area (Å²) < 4.78 is 6.68. The minimum atomic E-state index is -0.465. The molecule has 0 spiro atoms. The van der Waals surface area contributed by atoms with E-state index in [1.807, 2.05) is 0 Å². The van der Waals surface area contributed by atoms with Crippen LogP contribution in [0.4, 0.5) is 17.1 Å². The first-order chi connectivity index (χ1) is 28.3. The maximum atomic E-state index is 6.68. The van der Waals surface area contributed by atoms with Gasteiger partial charge in [-0.05, 0) is 116 Å². The summed E-state index contributed by atoms with van der Waals surface area (Å²) in [5, 5.41) is 2.23. The fraction of sp³-hybridized carbons (Fsp3) is 0.0182. The number of para-hydroxylation sites is 2. The molecule has 1 aliphatic carbocycles. The fourth-order valence-corrected chi connectivity index (χ4v) is 9.18. The van der Waals surface area contributed by atoms with Gasteiger partial charge in [0.05, 0.1) is 5.41 Å². The average molecular weight is 728 g/mol. The lowest BCUT2D eigenvalue weighted by molar-refractivity contribution is 0.665. The van der Waals surface area contributed by atoms with Crippen molar-refractivity contribution in [1.82, 2.24) is 0 Å². The molecule has 0 saturated heterocycles. The van der Waals surface area contributed by atoms with Crippen LogP contribution in [0.25, 0.3) is 55.3 Å². The van der Waals surface area contributed by atoms with Crippen LogP contribution >= 0.6 is 0 Å². The molecular weight excluding hydrogens is 691 g/mol. The summed E-state index contributed by atoms with van der Waals surface area (Å²) in [5.41, 5.74) is 17.0. The number of hydrogen-bond acceptors (Lipinski definition) is 2. The Bertz CT molecular complexity index is 2970. The molecule has 0 amide bonds. The zero-order valence-corrected chi connectivity index (χ0v) is 31.2. The number of hydrogen-bond donors (Lipinski definition) is 0. The third kappa shape index (κ3) is 5.33. The normalized spacial score (nSPS) is 12.7. The van der Waals surface area contributed by atoms with Crippen LogP contribution in [0.2, 0.25) is 0 Å². The number of rotatable bonds is 7. The quantitative estimate of drug-likeness (QED) is 0.163. The van der Waals surface area contributed by atoms with Gasteiger partial charge >= 0.3 is 0 Å². The molecular formula is C55H37NO. The topological polar surface area (TPSA) is 16.4 Å². The maximum Gasteiger partial charge on any atom is 0.135 e. The summed E-state index contributed by atoms with van der Waals surface area (Å²) in [6.07, 6.45) is 0. The van der Waals surface area contributed by atoms with Crippen LogP contribution in [0.1, 0.15) is 22.3 Å². The van der Waals surface area contributed by atoms with Crippen molar-refractivity contribution in [2.24, 2.45) is 0 Å². The summed E-state index contributed by atoms with van der Waals surface area (Å²) in [4.78, 5) is 2.29. The van der Waals surface area contributed by atoms with E-state index in [1.54, 1.807) is 0 Å². The molecule has 57 heavy (non-hydrogen) atoms. The number of furan rings is 1. The van der Waals surface area contributed by atoms with E-state index in [0.717, 1.165) is 44.6 Å². The second kappa shape index (κ2) is 13.4. The van der Waals surface area contributed by atoms with E-state index in [1.165, 1.54) is 50.1 Å². The van der Waals surface area contributed by atoms with E-state index in [0.29, 0.717) is 0 Å². The molecule has 0 aliphatic heterocycles. The van der Waals surface area contributed by atoms with Gasteiger partial charge < -0.3 is 9.32 Å². The van der Waals surface area contributed by atoms with Crippen LogP contribution in [0.15, 0.2) is 229 Å². The number of benzene rings is 9. The Morgan fingerprint density at radius 1 is 0.316 bits per heavy atom. The van der Waals surface area contributed by atoms with Gasteiger partial charge in [-0.3, -0.25) is 0 Å².